The second-order valence-electron chi connectivity index (χ2n) is 5.10. The summed E-state index contributed by atoms with van der Waals surface area (Å²) in [7, 11) is 3.56. The van der Waals surface area contributed by atoms with E-state index < -0.39 is 11.4 Å². The summed E-state index contributed by atoms with van der Waals surface area (Å²) in [6.45, 7) is 1.80. The Kier molecular flexibility index (Phi) is 4.07. The average Bonchev–Trinajstić information content (AvgIpc) is 2.34. The van der Waals surface area contributed by atoms with Gasteiger partial charge in [-0.05, 0) is 24.7 Å². The van der Waals surface area contributed by atoms with Gasteiger partial charge >= 0.3 is 5.97 Å². The summed E-state index contributed by atoms with van der Waals surface area (Å²) in [5.41, 5.74) is 0.394. The molecule has 0 unspecified atom stereocenters. The largest absolute Gasteiger partial charge is 0.497 e. The topological polar surface area (TPSA) is 59.0 Å². The van der Waals surface area contributed by atoms with Gasteiger partial charge in [0.1, 0.15) is 11.2 Å². The van der Waals surface area contributed by atoms with Crippen LogP contribution >= 0.6 is 0 Å². The third kappa shape index (κ3) is 3.05. The molecule has 1 aromatic rings. The molecule has 1 heterocycles. The molecule has 0 spiro atoms. The molecule has 19 heavy (non-hydrogen) atoms. The second-order valence-corrected chi connectivity index (χ2v) is 5.10. The van der Waals surface area contributed by atoms with E-state index in [1.54, 1.807) is 7.11 Å². The van der Waals surface area contributed by atoms with Gasteiger partial charge in [0, 0.05) is 13.1 Å². The first-order valence-corrected chi connectivity index (χ1v) is 6.18. The molecule has 1 N–H and O–H groups in total. The molecule has 104 valence electrons. The number of carboxylic acids is 1. The molecule has 1 fully saturated rings. The lowest BCUT2D eigenvalue weighted by molar-refractivity contribution is -0.183. The van der Waals surface area contributed by atoms with E-state index in [4.69, 9.17) is 9.47 Å². The van der Waals surface area contributed by atoms with Crippen LogP contribution in [0, 0.1) is 5.41 Å². The van der Waals surface area contributed by atoms with Crippen molar-refractivity contribution in [1.82, 2.24) is 4.90 Å². The van der Waals surface area contributed by atoms with Gasteiger partial charge in [0.05, 0.1) is 20.3 Å². The van der Waals surface area contributed by atoms with Gasteiger partial charge in [0.2, 0.25) is 0 Å². The first kappa shape index (κ1) is 13.8. The van der Waals surface area contributed by atoms with Crippen LogP contribution in [0.15, 0.2) is 24.3 Å². The first-order chi connectivity index (χ1) is 9.05. The van der Waals surface area contributed by atoms with Gasteiger partial charge in [0.15, 0.2) is 0 Å². The number of benzene rings is 1. The molecule has 0 amide bonds. The highest BCUT2D eigenvalue weighted by atomic mass is 16.5. The van der Waals surface area contributed by atoms with Crippen LogP contribution in [0.5, 0.6) is 5.75 Å². The van der Waals surface area contributed by atoms with Crippen molar-refractivity contribution in [3.8, 4) is 5.75 Å². The normalized spacial score (nSPS) is 17.0. The van der Waals surface area contributed by atoms with Crippen molar-refractivity contribution in [2.24, 2.45) is 5.41 Å². The number of methoxy groups -OCH3 is 1. The molecule has 2 rings (SSSR count). The van der Waals surface area contributed by atoms with E-state index in [9.17, 15) is 9.90 Å². The molecule has 1 aromatic carbocycles. The summed E-state index contributed by atoms with van der Waals surface area (Å²) >= 11 is 0. The number of nitrogens with zero attached hydrogens (tertiary/aromatic N) is 1. The monoisotopic (exact) mass is 265 g/mol. The first-order valence-electron chi connectivity index (χ1n) is 6.18. The molecule has 1 aliphatic heterocycles. The van der Waals surface area contributed by atoms with Crippen LogP contribution < -0.4 is 4.74 Å². The predicted octanol–water partition coefficient (Wildman–Crippen LogP) is 1.23. The van der Waals surface area contributed by atoms with Gasteiger partial charge in [-0.15, -0.1) is 0 Å². The molecule has 0 bridgehead atoms. The van der Waals surface area contributed by atoms with Crippen LogP contribution in [-0.4, -0.2) is 49.9 Å². The fourth-order valence-electron chi connectivity index (χ4n) is 2.25. The molecule has 0 atom stereocenters. The Bertz CT molecular complexity index is 439. The Hall–Kier alpha value is -1.59. The van der Waals surface area contributed by atoms with Gasteiger partial charge in [-0.25, -0.2) is 0 Å². The van der Waals surface area contributed by atoms with Crippen molar-refractivity contribution in [1.29, 1.82) is 0 Å². The van der Waals surface area contributed by atoms with Gasteiger partial charge in [-0.3, -0.25) is 4.79 Å². The van der Waals surface area contributed by atoms with Crippen molar-refractivity contribution in [3.05, 3.63) is 29.8 Å². The summed E-state index contributed by atoms with van der Waals surface area (Å²) < 4.78 is 10.2. The Morgan fingerprint density at radius 3 is 2.47 bits per heavy atom. The number of carbonyl (C=O) groups is 1. The Morgan fingerprint density at radius 2 is 2.05 bits per heavy atom. The number of rotatable bonds is 6. The summed E-state index contributed by atoms with van der Waals surface area (Å²) in [6.07, 6.45) is 0. The molecule has 1 aliphatic rings. The minimum absolute atomic E-state index is 0.301. The third-order valence-corrected chi connectivity index (χ3v) is 3.39. The smallest absolute Gasteiger partial charge is 0.315 e. The molecule has 5 nitrogen and oxygen atoms in total. The van der Waals surface area contributed by atoms with E-state index in [-0.39, 0.29) is 0 Å². The zero-order valence-electron chi connectivity index (χ0n) is 11.3. The van der Waals surface area contributed by atoms with Crippen molar-refractivity contribution < 1.29 is 19.4 Å². The molecule has 1 saturated heterocycles. The molecule has 0 saturated carbocycles. The van der Waals surface area contributed by atoms with Gasteiger partial charge in [0.25, 0.3) is 0 Å². The van der Waals surface area contributed by atoms with Gasteiger partial charge < -0.3 is 19.5 Å². The lowest BCUT2D eigenvalue weighted by Gasteiger charge is -2.40. The maximum atomic E-state index is 11.3. The predicted molar refractivity (Wildman–Crippen MR) is 70.2 cm³/mol. The molecule has 5 heteroatoms. The highest BCUT2D eigenvalue weighted by Gasteiger charge is 2.46. The van der Waals surface area contributed by atoms with E-state index in [1.165, 1.54) is 0 Å². The summed E-state index contributed by atoms with van der Waals surface area (Å²) in [5, 5.41) is 9.24. The van der Waals surface area contributed by atoms with Crippen LogP contribution in [0.1, 0.15) is 5.56 Å². The number of hydrogen-bond donors (Lipinski definition) is 1. The average molecular weight is 265 g/mol. The summed E-state index contributed by atoms with van der Waals surface area (Å²) in [6, 6.07) is 7.78. The lowest BCUT2D eigenvalue weighted by atomic mass is 9.85. The Balaban J connectivity index is 1.93. The van der Waals surface area contributed by atoms with Crippen LogP contribution in [0.2, 0.25) is 0 Å². The van der Waals surface area contributed by atoms with E-state index >= 15 is 0 Å². The molecular formula is C14H19NO4. The van der Waals surface area contributed by atoms with E-state index in [0.29, 0.717) is 26.3 Å². The Morgan fingerprint density at radius 1 is 1.42 bits per heavy atom. The number of hydrogen-bond acceptors (Lipinski definition) is 4. The zero-order chi connectivity index (χ0) is 13.9. The van der Waals surface area contributed by atoms with Crippen molar-refractivity contribution >= 4 is 5.97 Å². The fourth-order valence-corrected chi connectivity index (χ4v) is 2.25. The van der Waals surface area contributed by atoms with E-state index in [0.717, 1.165) is 11.3 Å². The highest BCUT2D eigenvalue weighted by molar-refractivity contribution is 5.76. The standard InChI is InChI=1S/C14H19NO4/c1-15(8-14(13(16)17)9-19-10-14)7-11-3-5-12(18-2)6-4-11/h3-6H,7-10H2,1-2H3,(H,16,17). The van der Waals surface area contributed by atoms with Crippen LogP contribution in [0.3, 0.4) is 0 Å². The van der Waals surface area contributed by atoms with Gasteiger partial charge in [-0.2, -0.15) is 0 Å². The van der Waals surface area contributed by atoms with Gasteiger partial charge in [-0.1, -0.05) is 12.1 Å². The number of ether oxygens (including phenoxy) is 2. The van der Waals surface area contributed by atoms with E-state index in [1.807, 2.05) is 36.2 Å². The number of carboxylic acid groups (broad SMARTS) is 1. The minimum Gasteiger partial charge on any atom is -0.497 e. The lowest BCUT2D eigenvalue weighted by Crippen LogP contribution is -2.55. The maximum absolute atomic E-state index is 11.3. The summed E-state index contributed by atoms with van der Waals surface area (Å²) in [5.74, 6) is 0.0427. The van der Waals surface area contributed by atoms with Crippen LogP contribution in [0.25, 0.3) is 0 Å². The molecule has 0 aromatic heterocycles. The van der Waals surface area contributed by atoms with Crippen LogP contribution in [-0.2, 0) is 16.1 Å². The minimum atomic E-state index is -0.777. The quantitative estimate of drug-likeness (QED) is 0.838. The third-order valence-electron chi connectivity index (χ3n) is 3.39. The molecule has 0 aliphatic carbocycles. The highest BCUT2D eigenvalue weighted by Crippen LogP contribution is 2.29. The fraction of sp³-hybridized carbons (Fsp3) is 0.500. The molecular weight excluding hydrogens is 246 g/mol. The maximum Gasteiger partial charge on any atom is 0.315 e. The van der Waals surface area contributed by atoms with Crippen molar-refractivity contribution in [2.75, 3.05) is 33.9 Å². The molecule has 0 radical (unpaired) electrons. The SMILES string of the molecule is COc1ccc(CN(C)CC2(C(=O)O)COC2)cc1. The van der Waals surface area contributed by atoms with E-state index in [2.05, 4.69) is 0 Å². The summed E-state index contributed by atoms with van der Waals surface area (Å²) in [4.78, 5) is 13.3. The van der Waals surface area contributed by atoms with Crippen molar-refractivity contribution in [2.45, 2.75) is 6.54 Å². The van der Waals surface area contributed by atoms with Crippen LogP contribution in [0.4, 0.5) is 0 Å². The number of aliphatic carboxylic acids is 1. The second kappa shape index (κ2) is 5.59. The van der Waals surface area contributed by atoms with Crippen molar-refractivity contribution in [3.63, 3.8) is 0 Å². The Labute approximate surface area is 112 Å². The zero-order valence-corrected chi connectivity index (χ0v) is 11.3.